The van der Waals surface area contributed by atoms with E-state index in [0.717, 1.165) is 12.4 Å². The van der Waals surface area contributed by atoms with Crippen molar-refractivity contribution in [1.29, 1.82) is 0 Å². The summed E-state index contributed by atoms with van der Waals surface area (Å²) in [4.78, 5) is 0. The summed E-state index contributed by atoms with van der Waals surface area (Å²) >= 11 is 0. The van der Waals surface area contributed by atoms with Crippen molar-refractivity contribution in [1.82, 2.24) is 14.8 Å². The zero-order valence-corrected chi connectivity index (χ0v) is 10.6. The van der Waals surface area contributed by atoms with Crippen LogP contribution in [0.5, 0.6) is 0 Å². The molecule has 2 unspecified atom stereocenters. The maximum absolute atomic E-state index is 9.28. The van der Waals surface area contributed by atoms with E-state index < -0.39 is 0 Å². The van der Waals surface area contributed by atoms with Crippen molar-refractivity contribution in [3.63, 3.8) is 0 Å². The quantitative estimate of drug-likeness (QED) is 0.842. The van der Waals surface area contributed by atoms with Crippen LogP contribution in [0, 0.1) is 5.92 Å². The molecule has 0 radical (unpaired) electrons. The van der Waals surface area contributed by atoms with Crippen LogP contribution in [0.15, 0.2) is 0 Å². The fourth-order valence-electron chi connectivity index (χ4n) is 2.70. The second kappa shape index (κ2) is 5.60. The first kappa shape index (κ1) is 12.5. The van der Waals surface area contributed by atoms with E-state index in [9.17, 15) is 5.11 Å². The highest BCUT2D eigenvalue weighted by Gasteiger charge is 2.29. The van der Waals surface area contributed by atoms with Crippen molar-refractivity contribution >= 4 is 0 Å². The van der Waals surface area contributed by atoms with Crippen LogP contribution in [-0.2, 0) is 17.9 Å². The number of nitrogens with zero attached hydrogens (tertiary/aromatic N) is 3. The summed E-state index contributed by atoms with van der Waals surface area (Å²) in [5.41, 5.74) is 0. The third-order valence-corrected chi connectivity index (χ3v) is 3.71. The molecular formula is C12H21N3O2. The molecule has 0 saturated heterocycles. The van der Waals surface area contributed by atoms with Crippen LogP contribution >= 0.6 is 0 Å². The van der Waals surface area contributed by atoms with E-state index in [-0.39, 0.29) is 6.61 Å². The minimum Gasteiger partial charge on any atom is -0.388 e. The van der Waals surface area contributed by atoms with Crippen molar-refractivity contribution in [3.05, 3.63) is 11.6 Å². The Hall–Kier alpha value is -0.940. The average Bonchev–Trinajstić information content (AvgIpc) is 2.91. The van der Waals surface area contributed by atoms with Gasteiger partial charge in [-0.1, -0.05) is 13.3 Å². The third kappa shape index (κ3) is 2.50. The number of methoxy groups -OCH3 is 1. The van der Waals surface area contributed by atoms with Crippen LogP contribution in [0.4, 0.5) is 0 Å². The molecule has 1 aromatic rings. The van der Waals surface area contributed by atoms with Gasteiger partial charge in [0.25, 0.3) is 0 Å². The number of ether oxygens (including phenoxy) is 1. The zero-order chi connectivity index (χ0) is 12.3. The lowest BCUT2D eigenvalue weighted by molar-refractivity contribution is 0.180. The molecule has 1 aliphatic rings. The van der Waals surface area contributed by atoms with Gasteiger partial charge in [0.05, 0.1) is 6.61 Å². The Kier molecular flexibility index (Phi) is 4.12. The summed E-state index contributed by atoms with van der Waals surface area (Å²) in [7, 11) is 1.68. The van der Waals surface area contributed by atoms with Gasteiger partial charge < -0.3 is 14.4 Å². The first-order valence-electron chi connectivity index (χ1n) is 6.29. The lowest BCUT2D eigenvalue weighted by atomic mass is 9.97. The Morgan fingerprint density at radius 1 is 1.41 bits per heavy atom. The van der Waals surface area contributed by atoms with Crippen LogP contribution < -0.4 is 0 Å². The van der Waals surface area contributed by atoms with Crippen molar-refractivity contribution in [3.8, 4) is 0 Å². The summed E-state index contributed by atoms with van der Waals surface area (Å²) in [6.45, 7) is 3.56. The molecule has 17 heavy (non-hydrogen) atoms. The summed E-state index contributed by atoms with van der Waals surface area (Å²) < 4.78 is 7.12. The van der Waals surface area contributed by atoms with E-state index >= 15 is 0 Å². The Labute approximate surface area is 102 Å². The first-order valence-corrected chi connectivity index (χ1v) is 6.29. The van der Waals surface area contributed by atoms with Crippen molar-refractivity contribution < 1.29 is 9.84 Å². The van der Waals surface area contributed by atoms with Crippen LogP contribution in [0.3, 0.4) is 0 Å². The molecule has 1 fully saturated rings. The van der Waals surface area contributed by atoms with Crippen molar-refractivity contribution in [2.45, 2.75) is 45.3 Å². The number of hydrogen-bond acceptors (Lipinski definition) is 4. The minimum absolute atomic E-state index is 0.0577. The molecule has 0 aromatic carbocycles. The highest BCUT2D eigenvalue weighted by Crippen LogP contribution is 2.38. The molecule has 2 atom stereocenters. The Bertz CT molecular complexity index is 365. The predicted octanol–water partition coefficient (Wildman–Crippen LogP) is 1.32. The van der Waals surface area contributed by atoms with Gasteiger partial charge in [0.2, 0.25) is 0 Å². The van der Waals surface area contributed by atoms with E-state index in [4.69, 9.17) is 4.74 Å². The van der Waals surface area contributed by atoms with Crippen LogP contribution in [0.25, 0.3) is 0 Å². The molecular weight excluding hydrogens is 218 g/mol. The predicted molar refractivity (Wildman–Crippen MR) is 63.6 cm³/mol. The van der Waals surface area contributed by atoms with Gasteiger partial charge in [-0.25, -0.2) is 0 Å². The summed E-state index contributed by atoms with van der Waals surface area (Å²) in [6, 6.07) is 0. The highest BCUT2D eigenvalue weighted by molar-refractivity contribution is 5.05. The smallest absolute Gasteiger partial charge is 0.158 e. The van der Waals surface area contributed by atoms with Gasteiger partial charge in [-0.3, -0.25) is 0 Å². The summed E-state index contributed by atoms with van der Waals surface area (Å²) in [5, 5.41) is 17.6. The largest absolute Gasteiger partial charge is 0.388 e. The van der Waals surface area contributed by atoms with E-state index in [2.05, 4.69) is 17.1 Å². The maximum Gasteiger partial charge on any atom is 0.158 e. The van der Waals surface area contributed by atoms with E-state index in [1.165, 1.54) is 19.3 Å². The molecule has 1 aromatic heterocycles. The van der Waals surface area contributed by atoms with Crippen molar-refractivity contribution in [2.75, 3.05) is 13.7 Å². The van der Waals surface area contributed by atoms with Gasteiger partial charge in [0, 0.05) is 19.6 Å². The maximum atomic E-state index is 9.28. The Morgan fingerprint density at radius 2 is 2.24 bits per heavy atom. The number of rotatable bonds is 5. The lowest BCUT2D eigenvalue weighted by Crippen LogP contribution is -2.16. The molecule has 0 amide bonds. The number of aliphatic hydroxyl groups excluding tert-OH is 1. The molecule has 0 aliphatic heterocycles. The fraction of sp³-hybridized carbons (Fsp3) is 0.833. The average molecular weight is 239 g/mol. The monoisotopic (exact) mass is 239 g/mol. The topological polar surface area (TPSA) is 60.2 Å². The van der Waals surface area contributed by atoms with Gasteiger partial charge in [-0.05, 0) is 18.8 Å². The number of hydrogen-bond donors (Lipinski definition) is 1. The highest BCUT2D eigenvalue weighted by atomic mass is 16.5. The molecule has 5 nitrogen and oxygen atoms in total. The number of aliphatic hydroxyl groups is 1. The number of aromatic nitrogens is 3. The standard InChI is InChI=1S/C12H21N3O2/c1-9-4-3-5-10(9)12-14-13-11(8-16)15(12)6-7-17-2/h9-10,16H,3-8H2,1-2H3. The van der Waals surface area contributed by atoms with Gasteiger partial charge in [-0.15, -0.1) is 10.2 Å². The van der Waals surface area contributed by atoms with Gasteiger partial charge in [0.1, 0.15) is 12.4 Å². The van der Waals surface area contributed by atoms with Crippen LogP contribution in [0.1, 0.15) is 43.8 Å². The lowest BCUT2D eigenvalue weighted by Gasteiger charge is -2.16. The second-order valence-corrected chi connectivity index (χ2v) is 4.79. The fourth-order valence-corrected chi connectivity index (χ4v) is 2.70. The van der Waals surface area contributed by atoms with E-state index in [1.807, 2.05) is 4.57 Å². The van der Waals surface area contributed by atoms with Gasteiger partial charge in [-0.2, -0.15) is 0 Å². The normalized spacial score (nSPS) is 24.4. The van der Waals surface area contributed by atoms with E-state index in [1.54, 1.807) is 7.11 Å². The summed E-state index contributed by atoms with van der Waals surface area (Å²) in [6.07, 6.45) is 3.70. The zero-order valence-electron chi connectivity index (χ0n) is 10.6. The minimum atomic E-state index is -0.0577. The Balaban J connectivity index is 2.23. The molecule has 96 valence electrons. The van der Waals surface area contributed by atoms with Crippen LogP contribution in [-0.4, -0.2) is 33.6 Å². The molecule has 0 bridgehead atoms. The molecule has 1 saturated carbocycles. The van der Waals surface area contributed by atoms with Crippen molar-refractivity contribution in [2.24, 2.45) is 5.92 Å². The second-order valence-electron chi connectivity index (χ2n) is 4.79. The molecule has 2 rings (SSSR count). The van der Waals surface area contributed by atoms with Gasteiger partial charge >= 0.3 is 0 Å². The van der Waals surface area contributed by atoms with Gasteiger partial charge in [0.15, 0.2) is 5.82 Å². The Morgan fingerprint density at radius 3 is 2.82 bits per heavy atom. The van der Waals surface area contributed by atoms with E-state index in [0.29, 0.717) is 24.3 Å². The molecule has 0 spiro atoms. The van der Waals surface area contributed by atoms with Crippen LogP contribution in [0.2, 0.25) is 0 Å². The first-order chi connectivity index (χ1) is 8.27. The molecule has 1 heterocycles. The molecule has 1 N–H and O–H groups in total. The molecule has 5 heteroatoms. The SMILES string of the molecule is COCCn1c(CO)nnc1C1CCCC1C. The summed E-state index contributed by atoms with van der Waals surface area (Å²) in [5.74, 6) is 2.82. The third-order valence-electron chi connectivity index (χ3n) is 3.71. The molecule has 1 aliphatic carbocycles.